The third-order valence-electron chi connectivity index (χ3n) is 5.74. The highest BCUT2D eigenvalue weighted by Crippen LogP contribution is 2.49. The van der Waals surface area contributed by atoms with E-state index in [-0.39, 0.29) is 18.2 Å². The van der Waals surface area contributed by atoms with Gasteiger partial charge in [-0.15, -0.1) is 0 Å². The summed E-state index contributed by atoms with van der Waals surface area (Å²) in [5.41, 5.74) is 1.72. The van der Waals surface area contributed by atoms with E-state index in [2.05, 4.69) is 45.5 Å². The molecule has 1 aliphatic carbocycles. The van der Waals surface area contributed by atoms with Gasteiger partial charge in [-0.05, 0) is 46.1 Å². The van der Waals surface area contributed by atoms with Crippen LogP contribution in [0, 0.1) is 0 Å². The summed E-state index contributed by atoms with van der Waals surface area (Å²) >= 11 is 3.47. The molecule has 9 heteroatoms. The van der Waals surface area contributed by atoms with Crippen LogP contribution in [0.4, 0.5) is 5.82 Å². The van der Waals surface area contributed by atoms with Crippen LogP contribution in [0.5, 0.6) is 0 Å². The van der Waals surface area contributed by atoms with Crippen LogP contribution < -0.4 is 4.90 Å². The van der Waals surface area contributed by atoms with Crippen molar-refractivity contribution in [3.63, 3.8) is 0 Å². The summed E-state index contributed by atoms with van der Waals surface area (Å²) in [6.07, 6.45) is 3.88. The number of carbonyl (C=O) groups excluding carboxylic acids is 1. The number of ether oxygens (including phenoxy) is 1. The second-order valence-corrected chi connectivity index (χ2v) is 15.7. The molecule has 1 atom stereocenters. The Balaban J connectivity index is 1.64. The van der Waals surface area contributed by atoms with Gasteiger partial charge in [0.2, 0.25) is 5.91 Å². The number of aromatic nitrogens is 2. The Labute approximate surface area is 184 Å². The quantitative estimate of drug-likeness (QED) is 0.491. The molecule has 1 N–H and O–H groups in total. The van der Waals surface area contributed by atoms with Crippen molar-refractivity contribution in [1.82, 2.24) is 9.97 Å². The molecule has 0 saturated carbocycles. The minimum absolute atomic E-state index is 0.0639. The summed E-state index contributed by atoms with van der Waals surface area (Å²) < 4.78 is 6.67. The minimum Gasteiger partial charge on any atom is -0.478 e. The zero-order valence-corrected chi connectivity index (χ0v) is 19.8. The molecule has 2 aromatic rings. The Morgan fingerprint density at radius 2 is 2.03 bits per heavy atom. The number of carbonyl (C=O) groups is 2. The summed E-state index contributed by atoms with van der Waals surface area (Å²) in [7, 11) is -1.23. The van der Waals surface area contributed by atoms with Crippen molar-refractivity contribution in [2.45, 2.75) is 43.9 Å². The second-order valence-electron chi connectivity index (χ2n) is 9.18. The molecule has 2 aromatic heterocycles. The average Bonchev–Trinajstić information content (AvgIpc) is 3.15. The number of amides is 1. The number of halogens is 1. The number of rotatable bonds is 6. The number of fused-ring (bicyclic) bond motifs is 3. The van der Waals surface area contributed by atoms with Crippen molar-refractivity contribution in [3.8, 4) is 0 Å². The molecule has 0 radical (unpaired) electrons. The smallest absolute Gasteiger partial charge is 0.337 e. The van der Waals surface area contributed by atoms with Gasteiger partial charge >= 0.3 is 5.97 Å². The highest BCUT2D eigenvalue weighted by Gasteiger charge is 2.55. The normalized spacial score (nSPS) is 20.0. The average molecular weight is 490 g/mol. The molecule has 3 heterocycles. The third-order valence-corrected chi connectivity index (χ3v) is 7.88. The van der Waals surface area contributed by atoms with Crippen LogP contribution in [0.25, 0.3) is 0 Å². The molecule has 0 unspecified atom stereocenters. The van der Waals surface area contributed by atoms with Gasteiger partial charge in [-0.25, -0.2) is 9.78 Å². The fourth-order valence-electron chi connectivity index (χ4n) is 4.11. The zero-order chi connectivity index (χ0) is 21.7. The topological polar surface area (TPSA) is 92.6 Å². The number of carboxylic acids is 1. The molecular formula is C21H24BrN3O4Si. The predicted octanol–water partition coefficient (Wildman–Crippen LogP) is 3.63. The largest absolute Gasteiger partial charge is 0.478 e. The molecule has 158 valence electrons. The first kappa shape index (κ1) is 21.1. The summed E-state index contributed by atoms with van der Waals surface area (Å²) in [5, 5.41) is 9.29. The van der Waals surface area contributed by atoms with Crippen molar-refractivity contribution in [2.24, 2.45) is 0 Å². The van der Waals surface area contributed by atoms with Crippen LogP contribution >= 0.6 is 15.9 Å². The zero-order valence-electron chi connectivity index (χ0n) is 17.2. The van der Waals surface area contributed by atoms with Gasteiger partial charge in [0, 0.05) is 49.2 Å². The number of pyridine rings is 2. The predicted molar refractivity (Wildman–Crippen MR) is 119 cm³/mol. The Hall–Kier alpha value is -2.10. The van der Waals surface area contributed by atoms with Crippen molar-refractivity contribution < 1.29 is 19.4 Å². The van der Waals surface area contributed by atoms with E-state index in [1.165, 1.54) is 6.20 Å². The second kappa shape index (κ2) is 7.54. The van der Waals surface area contributed by atoms with Gasteiger partial charge in [0.1, 0.15) is 12.5 Å². The molecular weight excluding hydrogens is 466 g/mol. The van der Waals surface area contributed by atoms with Crippen LogP contribution in [0.3, 0.4) is 0 Å². The maximum absolute atomic E-state index is 13.6. The van der Waals surface area contributed by atoms with E-state index in [9.17, 15) is 14.7 Å². The fraction of sp³-hybridized carbons (Fsp3) is 0.429. The van der Waals surface area contributed by atoms with E-state index in [1.54, 1.807) is 17.2 Å². The van der Waals surface area contributed by atoms with Crippen LogP contribution in [-0.4, -0.2) is 48.4 Å². The van der Waals surface area contributed by atoms with Crippen LogP contribution in [0.15, 0.2) is 29.0 Å². The highest BCUT2D eigenvalue weighted by atomic mass is 79.9. The van der Waals surface area contributed by atoms with Gasteiger partial charge in [-0.3, -0.25) is 14.7 Å². The van der Waals surface area contributed by atoms with Gasteiger partial charge in [0.25, 0.3) is 0 Å². The van der Waals surface area contributed by atoms with Gasteiger partial charge < -0.3 is 9.84 Å². The molecule has 0 bridgehead atoms. The number of hydrogen-bond acceptors (Lipinski definition) is 5. The first-order valence-corrected chi connectivity index (χ1v) is 14.4. The van der Waals surface area contributed by atoms with Crippen molar-refractivity contribution in [3.05, 3.63) is 51.4 Å². The summed E-state index contributed by atoms with van der Waals surface area (Å²) in [4.78, 5) is 35.5. The fourth-order valence-corrected chi connectivity index (χ4v) is 5.19. The van der Waals surface area contributed by atoms with Crippen molar-refractivity contribution in [2.75, 3.05) is 18.2 Å². The van der Waals surface area contributed by atoms with Crippen molar-refractivity contribution in [1.29, 1.82) is 0 Å². The monoisotopic (exact) mass is 489 g/mol. The lowest BCUT2D eigenvalue weighted by molar-refractivity contribution is -0.124. The number of anilines is 1. The summed E-state index contributed by atoms with van der Waals surface area (Å²) in [6, 6.07) is 4.59. The van der Waals surface area contributed by atoms with Crippen LogP contribution in [0.2, 0.25) is 25.7 Å². The molecule has 0 fully saturated rings. The molecule has 1 aliphatic heterocycles. The SMILES string of the molecule is C[Si](C)(C)CCOCN1C(=O)[C@]2(Cc3cc(C(=O)O)cnc3C2)c2cc(Br)cnc21. The molecule has 30 heavy (non-hydrogen) atoms. The lowest BCUT2D eigenvalue weighted by atomic mass is 9.79. The van der Waals surface area contributed by atoms with Gasteiger partial charge in [-0.2, -0.15) is 0 Å². The van der Waals surface area contributed by atoms with E-state index in [0.717, 1.165) is 27.3 Å². The molecule has 0 aromatic carbocycles. The summed E-state index contributed by atoms with van der Waals surface area (Å²) in [6.45, 7) is 7.64. The Bertz CT molecular complexity index is 1040. The number of hydrogen-bond donors (Lipinski definition) is 1. The first-order valence-electron chi connectivity index (χ1n) is 9.88. The Morgan fingerprint density at radius 3 is 2.73 bits per heavy atom. The first-order chi connectivity index (χ1) is 14.1. The molecule has 1 amide bonds. The maximum atomic E-state index is 13.6. The Kier molecular flexibility index (Phi) is 5.32. The van der Waals surface area contributed by atoms with E-state index < -0.39 is 19.5 Å². The van der Waals surface area contributed by atoms with Gasteiger partial charge in [0.05, 0.1) is 11.0 Å². The van der Waals surface area contributed by atoms with Crippen LogP contribution in [-0.2, 0) is 27.8 Å². The molecule has 7 nitrogen and oxygen atoms in total. The lowest BCUT2D eigenvalue weighted by Gasteiger charge is -2.23. The minimum atomic E-state index is -1.23. The highest BCUT2D eigenvalue weighted by molar-refractivity contribution is 9.10. The van der Waals surface area contributed by atoms with Crippen LogP contribution in [0.1, 0.15) is 27.2 Å². The van der Waals surface area contributed by atoms with E-state index in [4.69, 9.17) is 4.74 Å². The molecule has 2 aliphatic rings. The van der Waals surface area contributed by atoms with Gasteiger partial charge in [-0.1, -0.05) is 19.6 Å². The lowest BCUT2D eigenvalue weighted by Crippen LogP contribution is -2.42. The maximum Gasteiger partial charge on any atom is 0.337 e. The van der Waals surface area contributed by atoms with E-state index in [1.807, 2.05) is 6.07 Å². The van der Waals surface area contributed by atoms with Crippen molar-refractivity contribution >= 4 is 41.7 Å². The standard InChI is InChI=1S/C21H24BrN3O4Si/c1-30(2,3)5-4-29-12-25-18-16(7-15(22)11-24-18)21(20(25)28)8-13-6-14(19(26)27)10-23-17(13)9-21/h6-7,10-11H,4-5,8-9,12H2,1-3H3,(H,26,27)/t21-/m0/s1. The molecule has 4 rings (SSSR count). The summed E-state index contributed by atoms with van der Waals surface area (Å²) in [5.74, 6) is -0.473. The Morgan fingerprint density at radius 1 is 1.27 bits per heavy atom. The number of aromatic carboxylic acids is 1. The third kappa shape index (κ3) is 3.70. The number of carboxylic acid groups (broad SMARTS) is 1. The molecule has 1 spiro atoms. The number of nitrogens with zero attached hydrogens (tertiary/aromatic N) is 3. The van der Waals surface area contributed by atoms with E-state index in [0.29, 0.717) is 25.3 Å². The molecule has 0 saturated heterocycles. The van der Waals surface area contributed by atoms with Gasteiger partial charge in [0.15, 0.2) is 0 Å². The van der Waals surface area contributed by atoms with E-state index >= 15 is 0 Å².